The number of carbonyl (C=O) groups excluding carboxylic acids is 3. The summed E-state index contributed by atoms with van der Waals surface area (Å²) in [6, 6.07) is 17.1. The van der Waals surface area contributed by atoms with Crippen LogP contribution in [0.5, 0.6) is 17.2 Å². The summed E-state index contributed by atoms with van der Waals surface area (Å²) in [7, 11) is 0. The number of ether oxygens (including phenoxy) is 3. The maximum absolute atomic E-state index is 12.8. The standard InChI is InChI=1S/C30H32ClN3O6/c1-30(2,3)40-29(37)34-15-12-20(13-16-34)28(36)33-26-19-24(11-14-32-26)38-23-10-9-21(25(31)18-23)17-27(35)39-22-7-5-4-6-8-22/h4-11,14,18-20H,12-13,15-17H2,1-3H3,(H,32,33,36). The highest BCUT2D eigenvalue weighted by atomic mass is 35.5. The van der Waals surface area contributed by atoms with Crippen LogP contribution in [0.3, 0.4) is 0 Å². The minimum Gasteiger partial charge on any atom is -0.457 e. The van der Waals surface area contributed by atoms with E-state index in [0.29, 0.717) is 59.6 Å². The van der Waals surface area contributed by atoms with E-state index in [1.54, 1.807) is 59.5 Å². The molecule has 10 heteroatoms. The molecule has 0 spiro atoms. The minimum absolute atomic E-state index is 0.0101. The van der Waals surface area contributed by atoms with Gasteiger partial charge in [-0.1, -0.05) is 35.9 Å². The van der Waals surface area contributed by atoms with E-state index in [2.05, 4.69) is 10.3 Å². The van der Waals surface area contributed by atoms with Crippen LogP contribution in [0.25, 0.3) is 0 Å². The van der Waals surface area contributed by atoms with Gasteiger partial charge in [0.25, 0.3) is 0 Å². The number of benzene rings is 2. The van der Waals surface area contributed by atoms with Gasteiger partial charge in [-0.3, -0.25) is 9.59 Å². The molecule has 2 heterocycles. The Kier molecular flexibility index (Phi) is 9.26. The number of likely N-dealkylation sites (tertiary alicyclic amines) is 1. The molecule has 1 fully saturated rings. The van der Waals surface area contributed by atoms with Crippen molar-refractivity contribution in [3.05, 3.63) is 77.4 Å². The van der Waals surface area contributed by atoms with E-state index in [0.717, 1.165) is 0 Å². The summed E-state index contributed by atoms with van der Waals surface area (Å²) >= 11 is 6.40. The molecule has 9 nitrogen and oxygen atoms in total. The lowest BCUT2D eigenvalue weighted by molar-refractivity contribution is -0.133. The summed E-state index contributed by atoms with van der Waals surface area (Å²) in [5.74, 6) is 0.902. The predicted octanol–water partition coefficient (Wildman–Crippen LogP) is 6.26. The van der Waals surface area contributed by atoms with Gasteiger partial charge in [0.1, 0.15) is 28.7 Å². The fraction of sp³-hybridized carbons (Fsp3) is 0.333. The van der Waals surface area contributed by atoms with Crippen LogP contribution in [-0.2, 0) is 20.7 Å². The number of nitrogens with zero attached hydrogens (tertiary/aromatic N) is 2. The fourth-order valence-corrected chi connectivity index (χ4v) is 4.34. The smallest absolute Gasteiger partial charge is 0.410 e. The number of esters is 1. The van der Waals surface area contributed by atoms with Gasteiger partial charge < -0.3 is 24.4 Å². The van der Waals surface area contributed by atoms with Crippen molar-refractivity contribution in [2.45, 2.75) is 45.6 Å². The SMILES string of the molecule is CC(C)(C)OC(=O)N1CCC(C(=O)Nc2cc(Oc3ccc(CC(=O)Oc4ccccc4)c(Cl)c3)ccn2)CC1. The Morgan fingerprint density at radius 1 is 0.975 bits per heavy atom. The van der Waals surface area contributed by atoms with Gasteiger partial charge in [-0.15, -0.1) is 0 Å². The highest BCUT2D eigenvalue weighted by Crippen LogP contribution is 2.29. The Labute approximate surface area is 238 Å². The van der Waals surface area contributed by atoms with Gasteiger partial charge in [-0.25, -0.2) is 9.78 Å². The van der Waals surface area contributed by atoms with Gasteiger partial charge in [0.15, 0.2) is 0 Å². The highest BCUT2D eigenvalue weighted by Gasteiger charge is 2.30. The van der Waals surface area contributed by atoms with Crippen molar-refractivity contribution in [2.75, 3.05) is 18.4 Å². The fourth-order valence-electron chi connectivity index (χ4n) is 4.10. The maximum Gasteiger partial charge on any atom is 0.410 e. The van der Waals surface area contributed by atoms with Crippen molar-refractivity contribution in [1.29, 1.82) is 0 Å². The summed E-state index contributed by atoms with van der Waals surface area (Å²) in [5.41, 5.74) is 0.0453. The average Bonchev–Trinajstić information content (AvgIpc) is 2.90. The monoisotopic (exact) mass is 565 g/mol. The number of nitrogens with one attached hydrogen (secondary N) is 1. The third kappa shape index (κ3) is 8.44. The summed E-state index contributed by atoms with van der Waals surface area (Å²) in [4.78, 5) is 43.2. The molecule has 3 aromatic rings. The van der Waals surface area contributed by atoms with Crippen LogP contribution in [0.4, 0.5) is 10.6 Å². The molecular formula is C30H32ClN3O6. The number of amides is 2. The second-order valence-corrected chi connectivity index (χ2v) is 10.8. The number of piperidine rings is 1. The van der Waals surface area contributed by atoms with Crippen molar-refractivity contribution < 1.29 is 28.6 Å². The number of rotatable bonds is 7. The lowest BCUT2D eigenvalue weighted by atomic mass is 9.96. The minimum atomic E-state index is -0.562. The number of para-hydroxylation sites is 1. The Bertz CT molecular complexity index is 1350. The van der Waals surface area contributed by atoms with Crippen LogP contribution >= 0.6 is 11.6 Å². The lowest BCUT2D eigenvalue weighted by Gasteiger charge is -2.32. The van der Waals surface area contributed by atoms with E-state index in [1.165, 1.54) is 6.20 Å². The average molecular weight is 566 g/mol. The van der Waals surface area contributed by atoms with Gasteiger partial charge in [0.05, 0.1) is 6.42 Å². The molecule has 210 valence electrons. The van der Waals surface area contributed by atoms with Gasteiger partial charge in [-0.2, -0.15) is 0 Å². The molecule has 2 aromatic carbocycles. The Morgan fingerprint density at radius 3 is 2.35 bits per heavy atom. The van der Waals surface area contributed by atoms with Crippen LogP contribution in [-0.4, -0.2) is 46.5 Å². The zero-order chi connectivity index (χ0) is 28.7. The number of carbonyl (C=O) groups is 3. The highest BCUT2D eigenvalue weighted by molar-refractivity contribution is 6.31. The molecule has 0 unspecified atom stereocenters. The number of aromatic nitrogens is 1. The molecule has 1 N–H and O–H groups in total. The van der Waals surface area contributed by atoms with Crippen LogP contribution in [0, 0.1) is 5.92 Å². The van der Waals surface area contributed by atoms with E-state index in [4.69, 9.17) is 25.8 Å². The largest absolute Gasteiger partial charge is 0.457 e. The van der Waals surface area contributed by atoms with Crippen LogP contribution in [0.15, 0.2) is 66.9 Å². The van der Waals surface area contributed by atoms with Crippen molar-refractivity contribution in [3.63, 3.8) is 0 Å². The molecule has 0 atom stereocenters. The molecule has 1 saturated heterocycles. The van der Waals surface area contributed by atoms with Crippen LogP contribution < -0.4 is 14.8 Å². The van der Waals surface area contributed by atoms with Crippen molar-refractivity contribution >= 4 is 35.4 Å². The zero-order valence-electron chi connectivity index (χ0n) is 22.7. The number of hydrogen-bond donors (Lipinski definition) is 1. The van der Waals surface area contributed by atoms with Gasteiger partial charge in [0, 0.05) is 36.3 Å². The Hall–Kier alpha value is -4.11. The summed E-state index contributed by atoms with van der Waals surface area (Å²) in [6.45, 7) is 6.37. The lowest BCUT2D eigenvalue weighted by Crippen LogP contribution is -2.43. The summed E-state index contributed by atoms with van der Waals surface area (Å²) in [6.07, 6.45) is 2.25. The van der Waals surface area contributed by atoms with Gasteiger partial charge in [0.2, 0.25) is 5.91 Å². The van der Waals surface area contributed by atoms with Crippen molar-refractivity contribution in [2.24, 2.45) is 5.92 Å². The summed E-state index contributed by atoms with van der Waals surface area (Å²) in [5, 5.41) is 3.20. The first-order valence-corrected chi connectivity index (χ1v) is 13.4. The molecule has 2 amide bonds. The molecule has 0 radical (unpaired) electrons. The summed E-state index contributed by atoms with van der Waals surface area (Å²) < 4.78 is 16.7. The molecule has 40 heavy (non-hydrogen) atoms. The normalized spacial score (nSPS) is 13.8. The van der Waals surface area contributed by atoms with Crippen LogP contribution in [0.1, 0.15) is 39.2 Å². The molecule has 4 rings (SSSR count). The number of pyridine rings is 1. The van der Waals surface area contributed by atoms with Crippen molar-refractivity contribution in [1.82, 2.24) is 9.88 Å². The molecule has 0 saturated carbocycles. The first-order chi connectivity index (χ1) is 19.1. The molecule has 0 aliphatic carbocycles. The van der Waals surface area contributed by atoms with Gasteiger partial charge in [-0.05, 0) is 69.5 Å². The van der Waals surface area contributed by atoms with E-state index >= 15 is 0 Å². The number of halogens is 1. The van der Waals surface area contributed by atoms with Gasteiger partial charge >= 0.3 is 12.1 Å². The molecule has 1 aliphatic heterocycles. The van der Waals surface area contributed by atoms with Crippen LogP contribution in [0.2, 0.25) is 5.02 Å². The quantitative estimate of drug-likeness (QED) is 0.266. The molecule has 0 bridgehead atoms. The van der Waals surface area contributed by atoms with E-state index in [9.17, 15) is 14.4 Å². The van der Waals surface area contributed by atoms with Crippen molar-refractivity contribution in [3.8, 4) is 17.2 Å². The molecular weight excluding hydrogens is 534 g/mol. The van der Waals surface area contributed by atoms with E-state index in [1.807, 2.05) is 26.8 Å². The Morgan fingerprint density at radius 2 is 1.68 bits per heavy atom. The second-order valence-electron chi connectivity index (χ2n) is 10.4. The van der Waals surface area contributed by atoms with E-state index < -0.39 is 11.6 Å². The third-order valence-electron chi connectivity index (χ3n) is 6.07. The topological polar surface area (TPSA) is 107 Å². The number of anilines is 1. The second kappa shape index (κ2) is 12.8. The molecule has 1 aromatic heterocycles. The first-order valence-electron chi connectivity index (χ1n) is 13.0. The maximum atomic E-state index is 12.8. The zero-order valence-corrected chi connectivity index (χ0v) is 23.4. The predicted molar refractivity (Wildman–Crippen MR) is 151 cm³/mol. The molecule has 1 aliphatic rings. The first kappa shape index (κ1) is 28.9. The third-order valence-corrected chi connectivity index (χ3v) is 6.42. The van der Waals surface area contributed by atoms with E-state index in [-0.39, 0.29) is 24.3 Å². The number of hydrogen-bond acceptors (Lipinski definition) is 7. The Balaban J connectivity index is 1.29.